The minimum Gasteiger partial charge on any atom is -0.477 e. The molecule has 0 fully saturated rings. The van der Waals surface area contributed by atoms with Crippen LogP contribution in [0.4, 0.5) is 19.0 Å². The quantitative estimate of drug-likeness (QED) is 0.638. The zero-order valence-corrected chi connectivity index (χ0v) is 8.29. The highest BCUT2D eigenvalue weighted by molar-refractivity contribution is 5.33. The Balaban J connectivity index is 2.86. The molecule has 0 amide bonds. The van der Waals surface area contributed by atoms with Crippen LogP contribution in [0, 0.1) is 0 Å². The Morgan fingerprint density at radius 3 is 2.69 bits per heavy atom. The number of alkyl halides is 3. The van der Waals surface area contributed by atoms with Gasteiger partial charge in [-0.15, -0.1) is 6.58 Å². The third kappa shape index (κ3) is 3.41. The molecule has 0 unspecified atom stereocenters. The van der Waals surface area contributed by atoms with E-state index in [0.29, 0.717) is 6.42 Å². The van der Waals surface area contributed by atoms with E-state index in [1.165, 1.54) is 0 Å². The van der Waals surface area contributed by atoms with Gasteiger partial charge in [0.05, 0.1) is 6.61 Å². The molecule has 0 atom stereocenters. The molecule has 1 heterocycles. The second-order valence-corrected chi connectivity index (χ2v) is 2.88. The van der Waals surface area contributed by atoms with Gasteiger partial charge in [-0.2, -0.15) is 18.2 Å². The molecular formula is C9H10F3N3O. The molecule has 7 heteroatoms. The van der Waals surface area contributed by atoms with Gasteiger partial charge in [0.2, 0.25) is 11.7 Å². The second-order valence-electron chi connectivity index (χ2n) is 2.88. The molecule has 2 N–H and O–H groups in total. The van der Waals surface area contributed by atoms with E-state index in [1.807, 2.05) is 0 Å². The minimum absolute atomic E-state index is 0.192. The second kappa shape index (κ2) is 4.82. The number of ether oxygens (including phenoxy) is 1. The van der Waals surface area contributed by atoms with Crippen LogP contribution < -0.4 is 10.5 Å². The largest absolute Gasteiger partial charge is 0.477 e. The molecule has 1 aromatic heterocycles. The van der Waals surface area contributed by atoms with Gasteiger partial charge in [-0.25, -0.2) is 4.98 Å². The first-order valence-electron chi connectivity index (χ1n) is 4.39. The van der Waals surface area contributed by atoms with Crippen molar-refractivity contribution in [3.63, 3.8) is 0 Å². The number of rotatable bonds is 4. The molecule has 0 bridgehead atoms. The molecule has 0 radical (unpaired) electrons. The SMILES string of the molecule is C=CCCOc1cc(N)nc(C(F)(F)F)n1. The molecule has 16 heavy (non-hydrogen) atoms. The average molecular weight is 233 g/mol. The van der Waals surface area contributed by atoms with Crippen molar-refractivity contribution in [1.29, 1.82) is 0 Å². The Morgan fingerprint density at radius 2 is 2.12 bits per heavy atom. The van der Waals surface area contributed by atoms with Gasteiger partial charge in [-0.3, -0.25) is 0 Å². The highest BCUT2D eigenvalue weighted by Crippen LogP contribution is 2.28. The van der Waals surface area contributed by atoms with E-state index < -0.39 is 12.0 Å². The maximum absolute atomic E-state index is 12.3. The predicted octanol–water partition coefficient (Wildman–Crippen LogP) is 2.03. The van der Waals surface area contributed by atoms with Crippen molar-refractivity contribution in [2.24, 2.45) is 0 Å². The van der Waals surface area contributed by atoms with Gasteiger partial charge in [0.15, 0.2) is 0 Å². The lowest BCUT2D eigenvalue weighted by atomic mass is 10.4. The first-order valence-corrected chi connectivity index (χ1v) is 4.39. The van der Waals surface area contributed by atoms with E-state index in [-0.39, 0.29) is 18.3 Å². The highest BCUT2D eigenvalue weighted by Gasteiger charge is 2.35. The number of nitrogens with two attached hydrogens (primary N) is 1. The van der Waals surface area contributed by atoms with Gasteiger partial charge in [-0.1, -0.05) is 6.08 Å². The number of nitrogens with zero attached hydrogens (tertiary/aromatic N) is 2. The molecule has 0 aliphatic rings. The van der Waals surface area contributed by atoms with E-state index in [2.05, 4.69) is 16.5 Å². The number of hydrogen-bond acceptors (Lipinski definition) is 4. The smallest absolute Gasteiger partial charge is 0.451 e. The Hall–Kier alpha value is -1.79. The zero-order chi connectivity index (χ0) is 12.2. The first kappa shape index (κ1) is 12.3. The summed E-state index contributed by atoms with van der Waals surface area (Å²) < 4.78 is 41.8. The monoisotopic (exact) mass is 233 g/mol. The topological polar surface area (TPSA) is 61.0 Å². The summed E-state index contributed by atoms with van der Waals surface area (Å²) in [7, 11) is 0. The van der Waals surface area contributed by atoms with Crippen molar-refractivity contribution in [1.82, 2.24) is 9.97 Å². The van der Waals surface area contributed by atoms with E-state index in [0.717, 1.165) is 6.07 Å². The summed E-state index contributed by atoms with van der Waals surface area (Å²) in [6.07, 6.45) is -2.55. The summed E-state index contributed by atoms with van der Waals surface area (Å²) in [5.41, 5.74) is 5.21. The number of halogens is 3. The summed E-state index contributed by atoms with van der Waals surface area (Å²) in [4.78, 5) is 6.28. The van der Waals surface area contributed by atoms with Gasteiger partial charge in [0, 0.05) is 6.07 Å². The van der Waals surface area contributed by atoms with Crippen LogP contribution in [-0.2, 0) is 6.18 Å². The lowest BCUT2D eigenvalue weighted by Crippen LogP contribution is -2.13. The molecule has 88 valence electrons. The summed E-state index contributed by atoms with van der Waals surface area (Å²) >= 11 is 0. The predicted molar refractivity (Wildman–Crippen MR) is 51.8 cm³/mol. The van der Waals surface area contributed by atoms with Crippen molar-refractivity contribution in [3.05, 3.63) is 24.5 Å². The summed E-state index contributed by atoms with van der Waals surface area (Å²) in [6, 6.07) is 1.14. The van der Waals surface area contributed by atoms with Gasteiger partial charge < -0.3 is 10.5 Å². The van der Waals surface area contributed by atoms with E-state index in [9.17, 15) is 13.2 Å². The summed E-state index contributed by atoms with van der Waals surface area (Å²) in [5.74, 6) is -1.78. The van der Waals surface area contributed by atoms with Crippen LogP contribution in [0.2, 0.25) is 0 Å². The maximum Gasteiger partial charge on any atom is 0.451 e. The molecule has 0 aliphatic heterocycles. The molecule has 0 aliphatic carbocycles. The van der Waals surface area contributed by atoms with Crippen molar-refractivity contribution < 1.29 is 17.9 Å². The van der Waals surface area contributed by atoms with Gasteiger partial charge in [-0.05, 0) is 6.42 Å². The molecule has 1 rings (SSSR count). The first-order chi connectivity index (χ1) is 7.43. The molecule has 0 spiro atoms. The fraction of sp³-hybridized carbons (Fsp3) is 0.333. The molecule has 0 saturated heterocycles. The Kier molecular flexibility index (Phi) is 3.70. The third-order valence-corrected chi connectivity index (χ3v) is 1.55. The fourth-order valence-corrected chi connectivity index (χ4v) is 0.890. The van der Waals surface area contributed by atoms with Crippen molar-refractivity contribution in [2.45, 2.75) is 12.6 Å². The number of hydrogen-bond donors (Lipinski definition) is 1. The van der Waals surface area contributed by atoms with Crippen LogP contribution in [0.25, 0.3) is 0 Å². The molecule has 0 saturated carbocycles. The molecule has 1 aromatic rings. The van der Waals surface area contributed by atoms with Crippen LogP contribution in [-0.4, -0.2) is 16.6 Å². The van der Waals surface area contributed by atoms with Gasteiger partial charge in [0.25, 0.3) is 0 Å². The van der Waals surface area contributed by atoms with E-state index in [4.69, 9.17) is 10.5 Å². The van der Waals surface area contributed by atoms with Crippen LogP contribution in [0.1, 0.15) is 12.2 Å². The zero-order valence-electron chi connectivity index (χ0n) is 8.29. The maximum atomic E-state index is 12.3. The van der Waals surface area contributed by atoms with Crippen molar-refractivity contribution in [2.75, 3.05) is 12.3 Å². The van der Waals surface area contributed by atoms with Crippen LogP contribution in [0.15, 0.2) is 18.7 Å². The minimum atomic E-state index is -4.63. The van der Waals surface area contributed by atoms with Crippen molar-refractivity contribution >= 4 is 5.82 Å². The lowest BCUT2D eigenvalue weighted by molar-refractivity contribution is -0.145. The average Bonchev–Trinajstić information content (AvgIpc) is 2.16. The van der Waals surface area contributed by atoms with Gasteiger partial charge in [0.1, 0.15) is 5.82 Å². The van der Waals surface area contributed by atoms with Crippen LogP contribution in [0.3, 0.4) is 0 Å². The van der Waals surface area contributed by atoms with E-state index >= 15 is 0 Å². The Bertz CT molecular complexity index is 379. The fourth-order valence-electron chi connectivity index (χ4n) is 0.890. The highest BCUT2D eigenvalue weighted by atomic mass is 19.4. The van der Waals surface area contributed by atoms with Crippen LogP contribution >= 0.6 is 0 Å². The number of anilines is 1. The normalized spacial score (nSPS) is 11.2. The standard InChI is InChI=1S/C9H10F3N3O/c1-2-3-4-16-7-5-6(13)14-8(15-7)9(10,11)12/h2,5H,1,3-4H2,(H2,13,14,15). The van der Waals surface area contributed by atoms with Gasteiger partial charge >= 0.3 is 6.18 Å². The molecule has 0 aromatic carbocycles. The Morgan fingerprint density at radius 1 is 1.44 bits per heavy atom. The third-order valence-electron chi connectivity index (χ3n) is 1.55. The van der Waals surface area contributed by atoms with Crippen molar-refractivity contribution in [3.8, 4) is 5.88 Å². The van der Waals surface area contributed by atoms with Crippen LogP contribution in [0.5, 0.6) is 5.88 Å². The summed E-state index contributed by atoms with van der Waals surface area (Å²) in [5, 5.41) is 0. The lowest BCUT2D eigenvalue weighted by Gasteiger charge is -2.08. The summed E-state index contributed by atoms with van der Waals surface area (Å²) in [6.45, 7) is 3.64. The van der Waals surface area contributed by atoms with E-state index in [1.54, 1.807) is 6.08 Å². The molecule has 4 nitrogen and oxygen atoms in total. The Labute approximate surface area is 90.0 Å². The number of aromatic nitrogens is 2. The molecular weight excluding hydrogens is 223 g/mol. The number of nitrogen functional groups attached to an aromatic ring is 1.